The lowest BCUT2D eigenvalue weighted by Crippen LogP contribution is -2.47. The van der Waals surface area contributed by atoms with Gasteiger partial charge >= 0.3 is 0 Å². The number of ketones is 1. The fourth-order valence-corrected chi connectivity index (χ4v) is 4.38. The van der Waals surface area contributed by atoms with Crippen LogP contribution in [-0.2, 0) is 5.41 Å². The summed E-state index contributed by atoms with van der Waals surface area (Å²) < 4.78 is 0. The number of nitrogens with one attached hydrogen (secondary N) is 2. The highest BCUT2D eigenvalue weighted by Gasteiger charge is 2.32. The number of hydrogen-bond acceptors (Lipinski definition) is 2. The van der Waals surface area contributed by atoms with Crippen LogP contribution in [0.15, 0.2) is 48.5 Å². The molecule has 2 N–H and O–H groups in total. The lowest BCUT2D eigenvalue weighted by molar-refractivity contribution is 0.103. The zero-order valence-corrected chi connectivity index (χ0v) is 18.8. The predicted molar refractivity (Wildman–Crippen MR) is 126 cm³/mol. The standard InChI is InChI=1S/C25H32N2OS/c1-5-25(15-6-7-16-25)27-23(29)26-21-10-8-9-19(17-21)22(28)18-11-13-20(14-12-18)24(2,3)4/h8-14,17H,5-7,15-16H2,1-4H3,(H2,26,27,29). The van der Waals surface area contributed by atoms with Crippen LogP contribution in [0.1, 0.15) is 81.3 Å². The molecule has 1 fully saturated rings. The Morgan fingerprint density at radius 3 is 2.28 bits per heavy atom. The molecule has 0 bridgehead atoms. The summed E-state index contributed by atoms with van der Waals surface area (Å²) in [7, 11) is 0. The average Bonchev–Trinajstić information content (AvgIpc) is 3.16. The quantitative estimate of drug-likeness (QED) is 0.455. The molecule has 154 valence electrons. The first-order valence-electron chi connectivity index (χ1n) is 10.6. The zero-order chi connectivity index (χ0) is 21.1. The van der Waals surface area contributed by atoms with E-state index >= 15 is 0 Å². The summed E-state index contributed by atoms with van der Waals surface area (Å²) >= 11 is 5.56. The smallest absolute Gasteiger partial charge is 0.193 e. The first-order chi connectivity index (χ1) is 13.7. The number of hydrogen-bond donors (Lipinski definition) is 2. The molecule has 0 spiro atoms. The van der Waals surface area contributed by atoms with Gasteiger partial charge in [-0.1, -0.05) is 76.9 Å². The Labute approximate surface area is 180 Å². The molecular weight excluding hydrogens is 376 g/mol. The third-order valence-electron chi connectivity index (χ3n) is 6.01. The Kier molecular flexibility index (Phi) is 6.42. The van der Waals surface area contributed by atoms with Crippen LogP contribution in [0, 0.1) is 0 Å². The van der Waals surface area contributed by atoms with E-state index < -0.39 is 0 Å². The Morgan fingerprint density at radius 1 is 1.03 bits per heavy atom. The van der Waals surface area contributed by atoms with Gasteiger partial charge < -0.3 is 10.6 Å². The van der Waals surface area contributed by atoms with Crippen LogP contribution in [-0.4, -0.2) is 16.4 Å². The minimum Gasteiger partial charge on any atom is -0.357 e. The minimum absolute atomic E-state index is 0.0220. The van der Waals surface area contributed by atoms with Crippen LogP contribution in [0.4, 0.5) is 5.69 Å². The monoisotopic (exact) mass is 408 g/mol. The topological polar surface area (TPSA) is 41.1 Å². The first kappa shape index (κ1) is 21.5. The number of carbonyl (C=O) groups is 1. The molecular formula is C25H32N2OS. The normalized spacial score (nSPS) is 15.7. The van der Waals surface area contributed by atoms with Gasteiger partial charge in [-0.2, -0.15) is 0 Å². The largest absolute Gasteiger partial charge is 0.357 e. The lowest BCUT2D eigenvalue weighted by atomic mass is 9.86. The van der Waals surface area contributed by atoms with E-state index in [0.29, 0.717) is 16.2 Å². The number of carbonyl (C=O) groups excluding carboxylic acids is 1. The highest BCUT2D eigenvalue weighted by molar-refractivity contribution is 7.80. The molecule has 0 amide bonds. The molecule has 29 heavy (non-hydrogen) atoms. The number of thiocarbonyl (C=S) groups is 1. The molecule has 1 saturated carbocycles. The molecule has 1 aliphatic carbocycles. The maximum absolute atomic E-state index is 12.9. The van der Waals surface area contributed by atoms with Crippen molar-refractivity contribution in [1.29, 1.82) is 0 Å². The van der Waals surface area contributed by atoms with Gasteiger partial charge in [0, 0.05) is 22.4 Å². The van der Waals surface area contributed by atoms with Crippen molar-refractivity contribution >= 4 is 28.8 Å². The zero-order valence-electron chi connectivity index (χ0n) is 18.0. The Morgan fingerprint density at radius 2 is 1.69 bits per heavy atom. The van der Waals surface area contributed by atoms with Crippen molar-refractivity contribution in [3.8, 4) is 0 Å². The second-order valence-corrected chi connectivity index (χ2v) is 9.57. The van der Waals surface area contributed by atoms with Gasteiger partial charge in [-0.25, -0.2) is 0 Å². The molecule has 4 heteroatoms. The third kappa shape index (κ3) is 5.24. The summed E-state index contributed by atoms with van der Waals surface area (Å²) in [5.74, 6) is 0.0220. The van der Waals surface area contributed by atoms with Crippen molar-refractivity contribution in [2.45, 2.75) is 70.8 Å². The number of rotatable bonds is 5. The molecule has 0 atom stereocenters. The van der Waals surface area contributed by atoms with Gasteiger partial charge in [-0.05, 0) is 54.6 Å². The van der Waals surface area contributed by atoms with E-state index in [-0.39, 0.29) is 16.7 Å². The maximum Gasteiger partial charge on any atom is 0.193 e. The molecule has 0 saturated heterocycles. The molecule has 3 nitrogen and oxygen atoms in total. The van der Waals surface area contributed by atoms with Crippen LogP contribution in [0.5, 0.6) is 0 Å². The fourth-order valence-electron chi connectivity index (χ4n) is 4.05. The van der Waals surface area contributed by atoms with Crippen molar-refractivity contribution in [2.24, 2.45) is 0 Å². The van der Waals surface area contributed by atoms with E-state index in [2.05, 4.69) is 38.3 Å². The van der Waals surface area contributed by atoms with E-state index in [1.54, 1.807) is 0 Å². The first-order valence-corrected chi connectivity index (χ1v) is 11.0. The van der Waals surface area contributed by atoms with Crippen LogP contribution >= 0.6 is 12.2 Å². The Bertz CT molecular complexity index is 874. The van der Waals surface area contributed by atoms with Gasteiger partial charge in [-0.15, -0.1) is 0 Å². The van der Waals surface area contributed by atoms with E-state index in [0.717, 1.165) is 24.9 Å². The number of anilines is 1. The van der Waals surface area contributed by atoms with Crippen molar-refractivity contribution in [2.75, 3.05) is 5.32 Å². The summed E-state index contributed by atoms with van der Waals surface area (Å²) in [6.45, 7) is 8.73. The van der Waals surface area contributed by atoms with Gasteiger partial charge in [0.15, 0.2) is 10.9 Å². The minimum atomic E-state index is 0.0220. The van der Waals surface area contributed by atoms with E-state index in [4.69, 9.17) is 12.2 Å². The van der Waals surface area contributed by atoms with Crippen LogP contribution < -0.4 is 10.6 Å². The van der Waals surface area contributed by atoms with Crippen molar-refractivity contribution < 1.29 is 4.79 Å². The SMILES string of the molecule is CCC1(NC(=S)Nc2cccc(C(=O)c3ccc(C(C)(C)C)cc3)c2)CCCC1. The van der Waals surface area contributed by atoms with Gasteiger partial charge in [-0.3, -0.25) is 4.79 Å². The summed E-state index contributed by atoms with van der Waals surface area (Å²) in [5.41, 5.74) is 3.61. The van der Waals surface area contributed by atoms with E-state index in [9.17, 15) is 4.79 Å². The molecule has 0 radical (unpaired) electrons. The lowest BCUT2D eigenvalue weighted by Gasteiger charge is -2.30. The highest BCUT2D eigenvalue weighted by atomic mass is 32.1. The molecule has 2 aromatic rings. The molecule has 0 aliphatic heterocycles. The summed E-state index contributed by atoms with van der Waals surface area (Å²) in [6, 6.07) is 15.5. The second kappa shape index (κ2) is 8.66. The van der Waals surface area contributed by atoms with Crippen LogP contribution in [0.25, 0.3) is 0 Å². The Balaban J connectivity index is 1.70. The predicted octanol–water partition coefficient (Wildman–Crippen LogP) is 6.22. The molecule has 2 aromatic carbocycles. The summed E-state index contributed by atoms with van der Waals surface area (Å²) in [4.78, 5) is 12.9. The van der Waals surface area contributed by atoms with Gasteiger partial charge in [0.1, 0.15) is 0 Å². The maximum atomic E-state index is 12.9. The molecule has 3 rings (SSSR count). The van der Waals surface area contributed by atoms with Crippen LogP contribution in [0.2, 0.25) is 0 Å². The Hall–Kier alpha value is -2.20. The third-order valence-corrected chi connectivity index (χ3v) is 6.22. The molecule has 1 aliphatic rings. The van der Waals surface area contributed by atoms with E-state index in [1.807, 2.05) is 48.5 Å². The summed E-state index contributed by atoms with van der Waals surface area (Å²) in [6.07, 6.45) is 5.89. The van der Waals surface area contributed by atoms with Crippen molar-refractivity contribution in [3.05, 3.63) is 65.2 Å². The molecule has 0 unspecified atom stereocenters. The molecule has 0 heterocycles. The fraction of sp³-hybridized carbons (Fsp3) is 0.440. The van der Waals surface area contributed by atoms with Crippen molar-refractivity contribution in [1.82, 2.24) is 5.32 Å². The van der Waals surface area contributed by atoms with E-state index in [1.165, 1.54) is 18.4 Å². The highest BCUT2D eigenvalue weighted by Crippen LogP contribution is 2.32. The molecule has 0 aromatic heterocycles. The van der Waals surface area contributed by atoms with Crippen LogP contribution in [0.3, 0.4) is 0 Å². The van der Waals surface area contributed by atoms with Gasteiger partial charge in [0.05, 0.1) is 0 Å². The summed E-state index contributed by atoms with van der Waals surface area (Å²) in [5, 5.41) is 7.43. The second-order valence-electron chi connectivity index (χ2n) is 9.16. The average molecular weight is 409 g/mol. The van der Waals surface area contributed by atoms with Gasteiger partial charge in [0.2, 0.25) is 0 Å². The number of benzene rings is 2. The van der Waals surface area contributed by atoms with Crippen molar-refractivity contribution in [3.63, 3.8) is 0 Å². The van der Waals surface area contributed by atoms with Gasteiger partial charge in [0.25, 0.3) is 0 Å².